The molecular weight excluding hydrogens is 454 g/mol. The number of hydrogen-bond donors (Lipinski definition) is 1. The highest BCUT2D eigenvalue weighted by molar-refractivity contribution is 6.22. The van der Waals surface area contributed by atoms with Crippen molar-refractivity contribution in [3.05, 3.63) is 120 Å². The number of rotatable bonds is 5. The number of allylic oxidation sites excluding steroid dienone is 1. The second-order valence-electron chi connectivity index (χ2n) is 9.97. The van der Waals surface area contributed by atoms with Gasteiger partial charge in [0.1, 0.15) is 0 Å². The molecule has 0 amide bonds. The molecule has 1 atom stereocenters. The van der Waals surface area contributed by atoms with Crippen LogP contribution >= 0.6 is 0 Å². The molecule has 4 nitrogen and oxygen atoms in total. The van der Waals surface area contributed by atoms with Gasteiger partial charge in [0.15, 0.2) is 5.78 Å². The number of H-pyrrole nitrogens is 1. The molecule has 0 saturated carbocycles. The molecule has 0 bridgehead atoms. The highest BCUT2D eigenvalue weighted by atomic mass is 16.1. The van der Waals surface area contributed by atoms with Crippen molar-refractivity contribution in [3.63, 3.8) is 0 Å². The minimum absolute atomic E-state index is 0.0464. The van der Waals surface area contributed by atoms with Crippen LogP contribution in [0.2, 0.25) is 0 Å². The average molecular weight is 486 g/mol. The van der Waals surface area contributed by atoms with Crippen LogP contribution in [0.15, 0.2) is 102 Å². The van der Waals surface area contributed by atoms with Crippen LogP contribution in [0, 0.1) is 5.92 Å². The molecule has 4 heteroatoms. The van der Waals surface area contributed by atoms with Gasteiger partial charge in [0.05, 0.1) is 0 Å². The van der Waals surface area contributed by atoms with Crippen LogP contribution in [-0.4, -0.2) is 23.5 Å². The fourth-order valence-corrected chi connectivity index (χ4v) is 5.64. The molecule has 1 aromatic heterocycles. The molecule has 2 aliphatic heterocycles. The van der Waals surface area contributed by atoms with Crippen molar-refractivity contribution >= 4 is 23.3 Å². The second kappa shape index (κ2) is 10.4. The Kier molecular flexibility index (Phi) is 6.55. The quantitative estimate of drug-likeness (QED) is 0.335. The number of aromatic nitrogens is 1. The highest BCUT2D eigenvalue weighted by Gasteiger charge is 2.28. The van der Waals surface area contributed by atoms with E-state index in [-0.39, 0.29) is 11.7 Å². The topological polar surface area (TPSA) is 48.5 Å². The molecule has 37 heavy (non-hydrogen) atoms. The Morgan fingerprint density at radius 3 is 2.65 bits per heavy atom. The van der Waals surface area contributed by atoms with E-state index >= 15 is 0 Å². The van der Waals surface area contributed by atoms with Gasteiger partial charge in [-0.3, -0.25) is 9.79 Å². The Labute approximate surface area is 218 Å². The Morgan fingerprint density at radius 1 is 0.919 bits per heavy atom. The number of aryl methyl sites for hydroxylation is 1. The average Bonchev–Trinajstić information content (AvgIpc) is 3.35. The molecule has 1 N–H and O–H groups in total. The number of fused-ring (bicyclic) bond motifs is 2. The van der Waals surface area contributed by atoms with Gasteiger partial charge in [-0.1, -0.05) is 60.7 Å². The number of carbonyl (C=O) groups excluding carboxylic acids is 1. The number of aromatic amines is 1. The number of nitrogens with zero attached hydrogens (tertiary/aromatic N) is 2. The zero-order valence-electron chi connectivity index (χ0n) is 20.9. The summed E-state index contributed by atoms with van der Waals surface area (Å²) in [6.07, 6.45) is 11.0. The normalized spacial score (nSPS) is 17.1. The number of benzene rings is 3. The van der Waals surface area contributed by atoms with Crippen molar-refractivity contribution < 1.29 is 4.79 Å². The van der Waals surface area contributed by atoms with Gasteiger partial charge in [-0.15, -0.1) is 0 Å². The fraction of sp³-hybridized carbons (Fsp3) is 0.212. The molecule has 184 valence electrons. The zero-order valence-corrected chi connectivity index (χ0v) is 20.9. The summed E-state index contributed by atoms with van der Waals surface area (Å²) in [6, 6.07) is 27.7. The minimum atomic E-state index is -0.0464. The maximum atomic E-state index is 14.0. The molecule has 6 rings (SSSR count). The van der Waals surface area contributed by atoms with Gasteiger partial charge in [-0.05, 0) is 70.8 Å². The van der Waals surface area contributed by atoms with Gasteiger partial charge < -0.3 is 9.88 Å². The van der Waals surface area contributed by atoms with E-state index in [0.29, 0.717) is 0 Å². The van der Waals surface area contributed by atoms with Gasteiger partial charge in [-0.25, -0.2) is 0 Å². The third kappa shape index (κ3) is 4.92. The van der Waals surface area contributed by atoms with Gasteiger partial charge in [0, 0.05) is 61.5 Å². The molecule has 2 aliphatic rings. The van der Waals surface area contributed by atoms with Crippen molar-refractivity contribution in [1.29, 1.82) is 0 Å². The zero-order chi connectivity index (χ0) is 25.0. The lowest BCUT2D eigenvalue weighted by atomic mass is 9.83. The monoisotopic (exact) mass is 485 g/mol. The predicted molar refractivity (Wildman–Crippen MR) is 152 cm³/mol. The number of nitrogens with one attached hydrogen (secondary N) is 1. The molecule has 0 spiro atoms. The Hall–Kier alpha value is -4.18. The van der Waals surface area contributed by atoms with E-state index < -0.39 is 0 Å². The number of anilines is 1. The van der Waals surface area contributed by atoms with Gasteiger partial charge in [-0.2, -0.15) is 0 Å². The summed E-state index contributed by atoms with van der Waals surface area (Å²) in [4.78, 5) is 24.1. The summed E-state index contributed by atoms with van der Waals surface area (Å²) in [7, 11) is 0. The van der Waals surface area contributed by atoms with Crippen molar-refractivity contribution in [1.82, 2.24) is 4.98 Å². The first-order valence-electron chi connectivity index (χ1n) is 13.2. The Bertz CT molecular complexity index is 1450. The smallest absolute Gasteiger partial charge is 0.168 e. The lowest BCUT2D eigenvalue weighted by Gasteiger charge is -2.32. The Morgan fingerprint density at radius 2 is 1.78 bits per heavy atom. The van der Waals surface area contributed by atoms with E-state index in [0.717, 1.165) is 49.9 Å². The summed E-state index contributed by atoms with van der Waals surface area (Å²) in [5.74, 6) is 0.172. The lowest BCUT2D eigenvalue weighted by molar-refractivity contribution is -0.117. The molecule has 3 heterocycles. The Balaban J connectivity index is 1.33. The van der Waals surface area contributed by atoms with Crippen LogP contribution < -0.4 is 4.90 Å². The summed E-state index contributed by atoms with van der Waals surface area (Å²) in [6.45, 7) is 1.65. The van der Waals surface area contributed by atoms with E-state index in [9.17, 15) is 4.79 Å². The number of Topliss-reactive ketones (excluding diaryl/α,β-unsaturated/α-hetero) is 1. The van der Waals surface area contributed by atoms with E-state index in [2.05, 4.69) is 87.8 Å². The number of carbonyl (C=O) groups is 1. The van der Waals surface area contributed by atoms with E-state index in [1.165, 1.54) is 33.5 Å². The summed E-state index contributed by atoms with van der Waals surface area (Å²) in [5.41, 5.74) is 9.22. The molecule has 0 radical (unpaired) electrons. The number of ketones is 1. The first-order valence-corrected chi connectivity index (χ1v) is 13.2. The highest BCUT2D eigenvalue weighted by Crippen LogP contribution is 2.35. The third-order valence-electron chi connectivity index (χ3n) is 7.64. The van der Waals surface area contributed by atoms with Crippen molar-refractivity contribution in [3.8, 4) is 11.1 Å². The summed E-state index contributed by atoms with van der Waals surface area (Å²) < 4.78 is 0. The maximum Gasteiger partial charge on any atom is 0.168 e. The van der Waals surface area contributed by atoms with E-state index in [1.807, 2.05) is 24.5 Å². The molecule has 0 saturated heterocycles. The van der Waals surface area contributed by atoms with Crippen molar-refractivity contribution in [2.75, 3.05) is 11.4 Å². The van der Waals surface area contributed by atoms with Crippen LogP contribution in [0.1, 0.15) is 35.1 Å². The molecule has 0 aliphatic carbocycles. The summed E-state index contributed by atoms with van der Waals surface area (Å²) >= 11 is 0. The van der Waals surface area contributed by atoms with Gasteiger partial charge in [0.2, 0.25) is 0 Å². The minimum Gasteiger partial charge on any atom is -0.367 e. The van der Waals surface area contributed by atoms with Crippen molar-refractivity contribution in [2.45, 2.75) is 32.2 Å². The summed E-state index contributed by atoms with van der Waals surface area (Å²) in [5, 5.41) is 0. The molecule has 4 aromatic rings. The van der Waals surface area contributed by atoms with Gasteiger partial charge in [0.25, 0.3) is 0 Å². The van der Waals surface area contributed by atoms with Crippen LogP contribution in [0.3, 0.4) is 0 Å². The van der Waals surface area contributed by atoms with E-state index in [1.54, 1.807) is 6.20 Å². The van der Waals surface area contributed by atoms with Crippen LogP contribution in [0.5, 0.6) is 0 Å². The standard InChI is InChI=1S/C33H31N3O/c37-33(31-22-35-18-15-26-8-4-5-9-30(26)31)27-10-11-29-20-28(25-6-2-1-3-7-25)12-13-32(29)36(19-16-27)23-24-14-17-34-21-24/h1-9,12-14,17-18,20-22,27,34H,10-11,15-16,19,23H2. The van der Waals surface area contributed by atoms with Crippen LogP contribution in [0.4, 0.5) is 5.69 Å². The largest absolute Gasteiger partial charge is 0.367 e. The SMILES string of the molecule is O=C(C1=CN=CCc2ccccc21)C1CCc2cc(-c3ccccc3)ccc2N(Cc2cc[nH]c2)CC1. The maximum absolute atomic E-state index is 14.0. The van der Waals surface area contributed by atoms with Crippen molar-refractivity contribution in [2.24, 2.45) is 10.9 Å². The molecule has 0 fully saturated rings. The van der Waals surface area contributed by atoms with E-state index in [4.69, 9.17) is 0 Å². The van der Waals surface area contributed by atoms with Gasteiger partial charge >= 0.3 is 0 Å². The fourth-order valence-electron chi connectivity index (χ4n) is 5.64. The molecule has 3 aromatic carbocycles. The second-order valence-corrected chi connectivity index (χ2v) is 9.97. The number of hydrogen-bond acceptors (Lipinski definition) is 3. The molecular formula is C33H31N3O. The first-order chi connectivity index (χ1) is 18.3. The predicted octanol–water partition coefficient (Wildman–Crippen LogP) is 6.88. The van der Waals surface area contributed by atoms with Crippen LogP contribution in [0.25, 0.3) is 16.7 Å². The van der Waals surface area contributed by atoms with Crippen LogP contribution in [-0.2, 0) is 24.2 Å². The number of aliphatic imine (C=N–C) groups is 1. The lowest BCUT2D eigenvalue weighted by Crippen LogP contribution is -2.31. The third-order valence-corrected chi connectivity index (χ3v) is 7.64. The molecule has 1 unspecified atom stereocenters. The first kappa shape index (κ1) is 23.2.